The van der Waals surface area contributed by atoms with Crippen molar-refractivity contribution in [3.05, 3.63) is 39.7 Å². The van der Waals surface area contributed by atoms with E-state index in [0.717, 1.165) is 6.07 Å². The van der Waals surface area contributed by atoms with Crippen molar-refractivity contribution in [2.45, 2.75) is 38.5 Å². The summed E-state index contributed by atoms with van der Waals surface area (Å²) in [5.74, 6) is -0.613. The van der Waals surface area contributed by atoms with Gasteiger partial charge in [-0.2, -0.15) is 0 Å². The number of anilines is 1. The molecule has 9 heteroatoms. The van der Waals surface area contributed by atoms with Crippen LogP contribution in [0.25, 0.3) is 11.3 Å². The van der Waals surface area contributed by atoms with Crippen LogP contribution in [0.3, 0.4) is 0 Å². The predicted molar refractivity (Wildman–Crippen MR) is 95.9 cm³/mol. The Morgan fingerprint density at radius 2 is 2.27 bits per heavy atom. The lowest BCUT2D eigenvalue weighted by Gasteiger charge is -2.28. The second kappa shape index (κ2) is 7.69. The molecule has 0 unspecified atom stereocenters. The quantitative estimate of drug-likeness (QED) is 0.843. The van der Waals surface area contributed by atoms with Gasteiger partial charge in [0.25, 0.3) is 5.56 Å². The SMILES string of the molecule is CC(C)n1cc(-c2nc(N[C@@H]3CCOC[C@H]3O)ncc2Cl)cc(F)c1=O. The third-order valence-corrected chi connectivity index (χ3v) is 4.49. The molecule has 0 spiro atoms. The van der Waals surface area contributed by atoms with Gasteiger partial charge in [-0.15, -0.1) is 0 Å². The number of ether oxygens (including phenoxy) is 1. The van der Waals surface area contributed by atoms with Crippen LogP contribution in [0.4, 0.5) is 10.3 Å². The zero-order valence-corrected chi connectivity index (χ0v) is 15.2. The van der Waals surface area contributed by atoms with Gasteiger partial charge in [0.1, 0.15) is 0 Å². The molecule has 7 nitrogen and oxygen atoms in total. The van der Waals surface area contributed by atoms with Gasteiger partial charge in [-0.1, -0.05) is 11.6 Å². The van der Waals surface area contributed by atoms with Gasteiger partial charge < -0.3 is 19.7 Å². The molecule has 1 aliphatic heterocycles. The Hall–Kier alpha value is -2.03. The molecule has 1 saturated heterocycles. The minimum atomic E-state index is -0.875. The van der Waals surface area contributed by atoms with Crippen molar-refractivity contribution >= 4 is 17.5 Å². The Kier molecular flexibility index (Phi) is 5.55. The first-order chi connectivity index (χ1) is 12.4. The second-order valence-corrected chi connectivity index (χ2v) is 6.86. The molecule has 0 radical (unpaired) electrons. The number of nitrogens with one attached hydrogen (secondary N) is 1. The number of pyridine rings is 1. The Bertz CT molecular complexity index is 858. The molecular formula is C17H20ClFN4O3. The summed E-state index contributed by atoms with van der Waals surface area (Å²) in [7, 11) is 0. The molecule has 2 N–H and O–H groups in total. The van der Waals surface area contributed by atoms with Gasteiger partial charge in [0.2, 0.25) is 5.95 Å². The first kappa shape index (κ1) is 18.8. The van der Waals surface area contributed by atoms with Crippen molar-refractivity contribution in [1.29, 1.82) is 0 Å². The molecule has 1 fully saturated rings. The number of hydrogen-bond acceptors (Lipinski definition) is 6. The molecule has 2 atom stereocenters. The monoisotopic (exact) mass is 382 g/mol. The van der Waals surface area contributed by atoms with Crippen molar-refractivity contribution in [2.75, 3.05) is 18.5 Å². The molecule has 2 aromatic heterocycles. The maximum absolute atomic E-state index is 14.1. The fraction of sp³-hybridized carbons (Fsp3) is 0.471. The Balaban J connectivity index is 1.97. The third-order valence-electron chi connectivity index (χ3n) is 4.21. The van der Waals surface area contributed by atoms with Crippen LogP contribution in [-0.4, -0.2) is 45.0 Å². The van der Waals surface area contributed by atoms with E-state index in [1.807, 2.05) is 0 Å². The van der Waals surface area contributed by atoms with Crippen LogP contribution in [-0.2, 0) is 4.74 Å². The molecule has 26 heavy (non-hydrogen) atoms. The molecule has 3 rings (SSSR count). The highest BCUT2D eigenvalue weighted by molar-refractivity contribution is 6.32. The largest absolute Gasteiger partial charge is 0.389 e. The van der Waals surface area contributed by atoms with Gasteiger partial charge in [-0.05, 0) is 26.3 Å². The predicted octanol–water partition coefficient (Wildman–Crippen LogP) is 2.24. The van der Waals surface area contributed by atoms with E-state index in [9.17, 15) is 14.3 Å². The maximum Gasteiger partial charge on any atom is 0.286 e. The van der Waals surface area contributed by atoms with Crippen LogP contribution in [0, 0.1) is 5.82 Å². The van der Waals surface area contributed by atoms with Crippen LogP contribution < -0.4 is 10.9 Å². The van der Waals surface area contributed by atoms with Gasteiger partial charge in [-0.3, -0.25) is 4.79 Å². The van der Waals surface area contributed by atoms with Crippen molar-refractivity contribution < 1.29 is 14.2 Å². The van der Waals surface area contributed by atoms with Crippen molar-refractivity contribution in [1.82, 2.24) is 14.5 Å². The second-order valence-electron chi connectivity index (χ2n) is 6.45. The lowest BCUT2D eigenvalue weighted by Crippen LogP contribution is -2.42. The zero-order chi connectivity index (χ0) is 18.8. The van der Waals surface area contributed by atoms with E-state index in [-0.39, 0.29) is 29.7 Å². The number of nitrogens with zero attached hydrogens (tertiary/aromatic N) is 3. The highest BCUT2D eigenvalue weighted by Gasteiger charge is 2.24. The molecule has 0 aliphatic carbocycles. The summed E-state index contributed by atoms with van der Waals surface area (Å²) in [5.41, 5.74) is -0.0182. The van der Waals surface area contributed by atoms with Crippen LogP contribution >= 0.6 is 11.6 Å². The number of aromatic nitrogens is 3. The maximum atomic E-state index is 14.1. The molecule has 0 bridgehead atoms. The summed E-state index contributed by atoms with van der Waals surface area (Å²) >= 11 is 6.19. The molecule has 1 aliphatic rings. The molecule has 0 saturated carbocycles. The average Bonchev–Trinajstić information content (AvgIpc) is 2.60. The van der Waals surface area contributed by atoms with Gasteiger partial charge in [0.05, 0.1) is 35.7 Å². The number of rotatable bonds is 4. The fourth-order valence-corrected chi connectivity index (χ4v) is 2.98. The topological polar surface area (TPSA) is 89.3 Å². The molecule has 0 aromatic carbocycles. The Labute approximate surface area is 154 Å². The van der Waals surface area contributed by atoms with Gasteiger partial charge in [0.15, 0.2) is 5.82 Å². The van der Waals surface area contributed by atoms with Crippen molar-refractivity contribution in [3.63, 3.8) is 0 Å². The van der Waals surface area contributed by atoms with Crippen molar-refractivity contribution in [2.24, 2.45) is 0 Å². The van der Waals surface area contributed by atoms with Crippen molar-refractivity contribution in [3.8, 4) is 11.3 Å². The van der Waals surface area contributed by atoms with E-state index in [2.05, 4.69) is 15.3 Å². The smallest absolute Gasteiger partial charge is 0.286 e. The van der Waals surface area contributed by atoms with Crippen LogP contribution in [0.15, 0.2) is 23.3 Å². The van der Waals surface area contributed by atoms with Gasteiger partial charge >= 0.3 is 0 Å². The molecule has 0 amide bonds. The minimum Gasteiger partial charge on any atom is -0.389 e. The van der Waals surface area contributed by atoms with Gasteiger partial charge in [0, 0.05) is 24.4 Å². The first-order valence-electron chi connectivity index (χ1n) is 8.33. The van der Waals surface area contributed by atoms with E-state index in [4.69, 9.17) is 16.3 Å². The summed E-state index contributed by atoms with van der Waals surface area (Å²) in [6.07, 6.45) is 2.86. The molecule has 2 aromatic rings. The Morgan fingerprint density at radius 1 is 1.50 bits per heavy atom. The minimum absolute atomic E-state index is 0.215. The lowest BCUT2D eigenvalue weighted by atomic mass is 10.1. The highest BCUT2D eigenvalue weighted by Crippen LogP contribution is 2.27. The van der Waals surface area contributed by atoms with Crippen LogP contribution in [0.2, 0.25) is 5.02 Å². The van der Waals surface area contributed by atoms with Gasteiger partial charge in [-0.25, -0.2) is 14.4 Å². The summed E-state index contributed by atoms with van der Waals surface area (Å²) in [6, 6.07) is 0.648. The number of hydrogen-bond donors (Lipinski definition) is 2. The average molecular weight is 383 g/mol. The number of halogens is 2. The summed E-state index contributed by atoms with van der Waals surface area (Å²) in [5, 5.41) is 13.3. The Morgan fingerprint density at radius 3 is 2.96 bits per heavy atom. The van der Waals surface area contributed by atoms with E-state index >= 15 is 0 Å². The van der Waals surface area contributed by atoms with Crippen LogP contribution in [0.1, 0.15) is 26.3 Å². The van der Waals surface area contributed by atoms with Crippen LogP contribution in [0.5, 0.6) is 0 Å². The zero-order valence-electron chi connectivity index (χ0n) is 14.4. The van der Waals surface area contributed by atoms with E-state index < -0.39 is 17.5 Å². The third kappa shape index (κ3) is 3.87. The first-order valence-corrected chi connectivity index (χ1v) is 8.71. The summed E-state index contributed by atoms with van der Waals surface area (Å²) < 4.78 is 20.5. The van der Waals surface area contributed by atoms with E-state index in [1.54, 1.807) is 13.8 Å². The normalized spacial score (nSPS) is 20.4. The fourth-order valence-electron chi connectivity index (χ4n) is 2.78. The molecule has 3 heterocycles. The summed E-state index contributed by atoms with van der Waals surface area (Å²) in [6.45, 7) is 4.33. The lowest BCUT2D eigenvalue weighted by molar-refractivity contribution is -0.0136. The van der Waals surface area contributed by atoms with E-state index in [1.165, 1.54) is 17.0 Å². The van der Waals surface area contributed by atoms with E-state index in [0.29, 0.717) is 24.3 Å². The molecular weight excluding hydrogens is 363 g/mol. The standard InChI is InChI=1S/C17H20ClFN4O3/c1-9(2)23-7-10(5-12(19)16(23)25)15-11(18)6-20-17(22-15)21-13-3-4-26-8-14(13)24/h5-7,9,13-14,24H,3-4,8H2,1-2H3,(H,20,21,22)/t13-,14-/m1/s1. The molecule has 140 valence electrons. The number of aliphatic hydroxyl groups excluding tert-OH is 1. The number of aliphatic hydroxyl groups is 1. The summed E-state index contributed by atoms with van der Waals surface area (Å²) in [4.78, 5) is 20.4. The highest BCUT2D eigenvalue weighted by atomic mass is 35.5.